The highest BCUT2D eigenvalue weighted by molar-refractivity contribution is 7.99. The summed E-state index contributed by atoms with van der Waals surface area (Å²) in [4.78, 5) is 15.1. The lowest BCUT2D eigenvalue weighted by Gasteiger charge is -2.39. The van der Waals surface area contributed by atoms with E-state index in [-0.39, 0.29) is 5.91 Å². The van der Waals surface area contributed by atoms with Crippen LogP contribution in [0.25, 0.3) is 17.1 Å². The molecule has 4 rings (SSSR count). The molecule has 156 valence electrons. The second-order valence-corrected chi connectivity index (χ2v) is 9.01. The summed E-state index contributed by atoms with van der Waals surface area (Å²) in [7, 11) is 0. The number of rotatable bonds is 5. The van der Waals surface area contributed by atoms with Gasteiger partial charge >= 0.3 is 0 Å². The molecule has 0 bridgehead atoms. The van der Waals surface area contributed by atoms with Crippen LogP contribution in [0.1, 0.15) is 38.7 Å². The number of piperidine rings is 1. The van der Waals surface area contributed by atoms with E-state index in [1.807, 2.05) is 36.4 Å². The van der Waals surface area contributed by atoms with Crippen LogP contribution in [0.3, 0.4) is 0 Å². The second-order valence-electron chi connectivity index (χ2n) is 8.07. The largest absolute Gasteiger partial charge is 0.337 e. The first kappa shape index (κ1) is 20.7. The lowest BCUT2D eigenvalue weighted by molar-refractivity contribution is -0.134. The Morgan fingerprint density at radius 2 is 1.77 bits per heavy atom. The zero-order valence-electron chi connectivity index (χ0n) is 17.8. The molecule has 2 aromatic carbocycles. The molecule has 1 fully saturated rings. The van der Waals surface area contributed by atoms with E-state index in [0.717, 1.165) is 35.1 Å². The SMILES string of the molecule is Cc1cccc(-n2c(SCC(=O)N3[C@@H](C)CCC[C@@H]3C)nnc2-c2ccccc2)c1. The Labute approximate surface area is 182 Å². The van der Waals surface area contributed by atoms with Gasteiger partial charge in [0, 0.05) is 23.3 Å². The number of benzene rings is 2. The minimum absolute atomic E-state index is 0.180. The molecule has 2 heterocycles. The summed E-state index contributed by atoms with van der Waals surface area (Å²) in [6, 6.07) is 19.0. The molecule has 0 saturated carbocycles. The average Bonchev–Trinajstić information content (AvgIpc) is 3.17. The third-order valence-electron chi connectivity index (χ3n) is 5.73. The maximum Gasteiger partial charge on any atom is 0.233 e. The van der Waals surface area contributed by atoms with Crippen molar-refractivity contribution in [1.29, 1.82) is 0 Å². The first-order valence-corrected chi connectivity index (χ1v) is 11.5. The smallest absolute Gasteiger partial charge is 0.233 e. The average molecular weight is 421 g/mol. The molecule has 5 nitrogen and oxygen atoms in total. The first-order chi connectivity index (χ1) is 14.5. The number of aryl methyl sites for hydroxylation is 1. The minimum atomic E-state index is 0.180. The van der Waals surface area contributed by atoms with Gasteiger partial charge in [-0.05, 0) is 57.7 Å². The van der Waals surface area contributed by atoms with Crippen LogP contribution in [0, 0.1) is 6.92 Å². The molecule has 2 atom stereocenters. The van der Waals surface area contributed by atoms with Crippen molar-refractivity contribution in [2.45, 2.75) is 57.3 Å². The first-order valence-electron chi connectivity index (χ1n) is 10.6. The fourth-order valence-electron chi connectivity index (χ4n) is 4.25. The van der Waals surface area contributed by atoms with Crippen LogP contribution in [0.5, 0.6) is 0 Å². The summed E-state index contributed by atoms with van der Waals surface area (Å²) in [6.45, 7) is 6.38. The van der Waals surface area contributed by atoms with Gasteiger partial charge in [0.2, 0.25) is 5.91 Å². The molecule has 0 aliphatic carbocycles. The lowest BCUT2D eigenvalue weighted by atomic mass is 9.98. The van der Waals surface area contributed by atoms with Gasteiger partial charge < -0.3 is 4.90 Å². The van der Waals surface area contributed by atoms with Crippen molar-refractivity contribution in [3.63, 3.8) is 0 Å². The predicted molar refractivity (Wildman–Crippen MR) is 122 cm³/mol. The van der Waals surface area contributed by atoms with Gasteiger partial charge in [0.1, 0.15) is 0 Å². The van der Waals surface area contributed by atoms with Crippen molar-refractivity contribution in [3.8, 4) is 17.1 Å². The van der Waals surface area contributed by atoms with Crippen LogP contribution in [0.15, 0.2) is 59.8 Å². The third kappa shape index (κ3) is 4.29. The number of likely N-dealkylation sites (tertiary alicyclic amines) is 1. The fraction of sp³-hybridized carbons (Fsp3) is 0.375. The molecule has 0 spiro atoms. The molecule has 30 heavy (non-hydrogen) atoms. The zero-order valence-corrected chi connectivity index (χ0v) is 18.6. The maximum atomic E-state index is 13.0. The summed E-state index contributed by atoms with van der Waals surface area (Å²) in [5.74, 6) is 1.34. The normalized spacial score (nSPS) is 19.1. The molecule has 3 aromatic rings. The van der Waals surface area contributed by atoms with E-state index in [1.54, 1.807) is 0 Å². The van der Waals surface area contributed by atoms with E-state index < -0.39 is 0 Å². The number of hydrogen-bond acceptors (Lipinski definition) is 4. The van der Waals surface area contributed by atoms with Gasteiger partial charge in [-0.25, -0.2) is 0 Å². The molecule has 1 aliphatic rings. The van der Waals surface area contributed by atoms with Gasteiger partial charge in [0.05, 0.1) is 5.75 Å². The number of aromatic nitrogens is 3. The summed E-state index contributed by atoms with van der Waals surface area (Å²) in [6.07, 6.45) is 3.36. The van der Waals surface area contributed by atoms with Gasteiger partial charge in [-0.2, -0.15) is 0 Å². The van der Waals surface area contributed by atoms with Crippen LogP contribution in [-0.4, -0.2) is 43.4 Å². The standard InChI is InChI=1S/C24H28N4OS/c1-17-9-7-14-21(15-17)28-23(20-12-5-4-6-13-20)25-26-24(28)30-16-22(29)27-18(2)10-8-11-19(27)3/h4-7,9,12-15,18-19H,8,10-11,16H2,1-3H3/t18-,19-/m0/s1. The van der Waals surface area contributed by atoms with E-state index in [9.17, 15) is 4.79 Å². The Bertz CT molecular complexity index is 1010. The topological polar surface area (TPSA) is 51.0 Å². The Kier molecular flexibility index (Phi) is 6.23. The molecule has 6 heteroatoms. The number of carbonyl (C=O) groups excluding carboxylic acids is 1. The monoisotopic (exact) mass is 420 g/mol. The quantitative estimate of drug-likeness (QED) is 0.537. The predicted octanol–water partition coefficient (Wildman–Crippen LogP) is 5.12. The number of thioether (sulfide) groups is 1. The molecular weight excluding hydrogens is 392 g/mol. The molecule has 1 aromatic heterocycles. The van der Waals surface area contributed by atoms with Crippen LogP contribution in [0.2, 0.25) is 0 Å². The highest BCUT2D eigenvalue weighted by Crippen LogP contribution is 2.30. The van der Waals surface area contributed by atoms with Gasteiger partial charge in [-0.1, -0.05) is 54.2 Å². The number of hydrogen-bond donors (Lipinski definition) is 0. The van der Waals surface area contributed by atoms with Gasteiger partial charge in [-0.3, -0.25) is 9.36 Å². The molecule has 0 N–H and O–H groups in total. The molecule has 1 amide bonds. The van der Waals surface area contributed by atoms with Gasteiger partial charge in [-0.15, -0.1) is 10.2 Å². The molecule has 0 unspecified atom stereocenters. The number of amides is 1. The molecular formula is C24H28N4OS. The van der Waals surface area contributed by atoms with Crippen molar-refractivity contribution >= 4 is 17.7 Å². The van der Waals surface area contributed by atoms with Crippen LogP contribution in [-0.2, 0) is 4.79 Å². The highest BCUT2D eigenvalue weighted by Gasteiger charge is 2.29. The van der Waals surface area contributed by atoms with E-state index in [0.29, 0.717) is 17.8 Å². The van der Waals surface area contributed by atoms with Crippen LogP contribution >= 0.6 is 11.8 Å². The van der Waals surface area contributed by atoms with Crippen molar-refractivity contribution in [2.24, 2.45) is 0 Å². The molecule has 1 saturated heterocycles. The maximum absolute atomic E-state index is 13.0. The van der Waals surface area contributed by atoms with Crippen LogP contribution in [0.4, 0.5) is 0 Å². The summed E-state index contributed by atoms with van der Waals surface area (Å²) >= 11 is 1.47. The van der Waals surface area contributed by atoms with Crippen molar-refractivity contribution in [2.75, 3.05) is 5.75 Å². The van der Waals surface area contributed by atoms with E-state index in [2.05, 4.69) is 58.6 Å². The fourth-order valence-corrected chi connectivity index (χ4v) is 5.07. The Morgan fingerprint density at radius 3 is 2.47 bits per heavy atom. The molecule has 0 radical (unpaired) electrons. The van der Waals surface area contributed by atoms with Crippen molar-refractivity contribution in [3.05, 3.63) is 60.2 Å². The number of nitrogens with zero attached hydrogens (tertiary/aromatic N) is 4. The number of carbonyl (C=O) groups is 1. The summed E-state index contributed by atoms with van der Waals surface area (Å²) < 4.78 is 2.06. The molecule has 1 aliphatic heterocycles. The third-order valence-corrected chi connectivity index (χ3v) is 6.65. The van der Waals surface area contributed by atoms with Crippen LogP contribution < -0.4 is 0 Å². The Balaban J connectivity index is 1.63. The minimum Gasteiger partial charge on any atom is -0.337 e. The highest BCUT2D eigenvalue weighted by atomic mass is 32.2. The Hall–Kier alpha value is -2.60. The van der Waals surface area contributed by atoms with E-state index in [4.69, 9.17) is 0 Å². The van der Waals surface area contributed by atoms with Gasteiger partial charge in [0.15, 0.2) is 11.0 Å². The zero-order chi connectivity index (χ0) is 21.1. The summed E-state index contributed by atoms with van der Waals surface area (Å²) in [5, 5.41) is 9.68. The van der Waals surface area contributed by atoms with Gasteiger partial charge in [0.25, 0.3) is 0 Å². The second kappa shape index (κ2) is 9.04. The lowest BCUT2D eigenvalue weighted by Crippen LogP contribution is -2.48. The Morgan fingerprint density at radius 1 is 1.03 bits per heavy atom. The van der Waals surface area contributed by atoms with Crippen molar-refractivity contribution in [1.82, 2.24) is 19.7 Å². The van der Waals surface area contributed by atoms with Crippen molar-refractivity contribution < 1.29 is 4.79 Å². The summed E-state index contributed by atoms with van der Waals surface area (Å²) in [5.41, 5.74) is 3.18. The van der Waals surface area contributed by atoms with E-state index >= 15 is 0 Å². The van der Waals surface area contributed by atoms with E-state index in [1.165, 1.54) is 23.7 Å².